The minimum Gasteiger partial charge on any atom is -0.356 e. The van der Waals surface area contributed by atoms with E-state index < -0.39 is 18.0 Å². The molecular weight excluding hydrogens is 354 g/mol. The summed E-state index contributed by atoms with van der Waals surface area (Å²) in [5, 5.41) is 6.35. The SMILES string of the molecule is O=C(NCCF)C1(Nc2ccnc(-c3c[nH]c4ncc(F)cc34)n2)CCC1. The van der Waals surface area contributed by atoms with Crippen LogP contribution in [0.4, 0.5) is 14.6 Å². The maximum Gasteiger partial charge on any atom is 0.245 e. The molecule has 9 heteroatoms. The van der Waals surface area contributed by atoms with Crippen LogP contribution in [0.2, 0.25) is 0 Å². The molecule has 7 nitrogen and oxygen atoms in total. The van der Waals surface area contributed by atoms with Gasteiger partial charge in [-0.3, -0.25) is 4.79 Å². The smallest absolute Gasteiger partial charge is 0.245 e. The number of fused-ring (bicyclic) bond motifs is 1. The highest BCUT2D eigenvalue weighted by Gasteiger charge is 2.44. The third kappa shape index (κ3) is 3.20. The molecule has 0 bridgehead atoms. The molecule has 0 aromatic carbocycles. The number of aromatic amines is 1. The summed E-state index contributed by atoms with van der Waals surface area (Å²) in [5.41, 5.74) is 0.369. The maximum atomic E-state index is 13.6. The van der Waals surface area contributed by atoms with Gasteiger partial charge in [-0.05, 0) is 31.4 Å². The van der Waals surface area contributed by atoms with Crippen molar-refractivity contribution in [3.05, 3.63) is 36.5 Å². The van der Waals surface area contributed by atoms with Crippen molar-refractivity contribution in [3.8, 4) is 11.4 Å². The number of H-pyrrole nitrogens is 1. The van der Waals surface area contributed by atoms with Crippen molar-refractivity contribution < 1.29 is 13.6 Å². The number of amides is 1. The van der Waals surface area contributed by atoms with Gasteiger partial charge >= 0.3 is 0 Å². The fraction of sp³-hybridized carbons (Fsp3) is 0.333. The molecule has 3 aromatic rings. The number of anilines is 1. The quantitative estimate of drug-likeness (QED) is 0.618. The predicted molar refractivity (Wildman–Crippen MR) is 96.3 cm³/mol. The molecule has 0 unspecified atom stereocenters. The third-order valence-corrected chi connectivity index (χ3v) is 4.78. The molecular formula is C18H18F2N6O. The summed E-state index contributed by atoms with van der Waals surface area (Å²) in [5.74, 6) is 0.187. The number of nitrogens with one attached hydrogen (secondary N) is 3. The number of rotatable bonds is 6. The molecule has 1 aliphatic carbocycles. The summed E-state index contributed by atoms with van der Waals surface area (Å²) in [4.78, 5) is 28.1. The van der Waals surface area contributed by atoms with E-state index in [9.17, 15) is 13.6 Å². The van der Waals surface area contributed by atoms with E-state index in [2.05, 4.69) is 30.6 Å². The first-order chi connectivity index (χ1) is 13.1. The van der Waals surface area contributed by atoms with Crippen molar-refractivity contribution in [2.24, 2.45) is 0 Å². The number of carbonyl (C=O) groups is 1. The average Bonchev–Trinajstić information content (AvgIpc) is 3.06. The number of hydrogen-bond acceptors (Lipinski definition) is 5. The predicted octanol–water partition coefficient (Wildman–Crippen LogP) is 2.58. The lowest BCUT2D eigenvalue weighted by atomic mass is 9.76. The molecule has 1 saturated carbocycles. The molecule has 3 N–H and O–H groups in total. The van der Waals surface area contributed by atoms with Crippen LogP contribution in [0.5, 0.6) is 0 Å². The molecule has 0 saturated heterocycles. The average molecular weight is 372 g/mol. The van der Waals surface area contributed by atoms with E-state index in [4.69, 9.17) is 0 Å². The Kier molecular flexibility index (Phi) is 4.43. The Labute approximate surface area is 153 Å². The van der Waals surface area contributed by atoms with Crippen LogP contribution in [0.3, 0.4) is 0 Å². The topological polar surface area (TPSA) is 95.6 Å². The Morgan fingerprint density at radius 1 is 1.33 bits per heavy atom. The number of hydrogen-bond donors (Lipinski definition) is 3. The highest BCUT2D eigenvalue weighted by atomic mass is 19.1. The highest BCUT2D eigenvalue weighted by molar-refractivity contribution is 5.92. The van der Waals surface area contributed by atoms with Crippen LogP contribution in [-0.4, -0.2) is 44.6 Å². The van der Waals surface area contributed by atoms with Gasteiger partial charge in [0.1, 0.15) is 29.5 Å². The van der Waals surface area contributed by atoms with E-state index in [-0.39, 0.29) is 12.5 Å². The second kappa shape index (κ2) is 6.90. The summed E-state index contributed by atoms with van der Waals surface area (Å²) in [6.45, 7) is -0.615. The first-order valence-corrected chi connectivity index (χ1v) is 8.70. The lowest BCUT2D eigenvalue weighted by Gasteiger charge is -2.41. The summed E-state index contributed by atoms with van der Waals surface area (Å²) in [7, 11) is 0. The van der Waals surface area contributed by atoms with Crippen LogP contribution < -0.4 is 10.6 Å². The Morgan fingerprint density at radius 2 is 2.19 bits per heavy atom. The van der Waals surface area contributed by atoms with Crippen LogP contribution in [0.1, 0.15) is 19.3 Å². The van der Waals surface area contributed by atoms with E-state index >= 15 is 0 Å². The van der Waals surface area contributed by atoms with Crippen molar-refractivity contribution in [1.82, 2.24) is 25.3 Å². The summed E-state index contributed by atoms with van der Waals surface area (Å²) >= 11 is 0. The van der Waals surface area contributed by atoms with Gasteiger partial charge in [0.15, 0.2) is 5.82 Å². The van der Waals surface area contributed by atoms with Crippen LogP contribution in [0, 0.1) is 5.82 Å². The summed E-state index contributed by atoms with van der Waals surface area (Å²) < 4.78 is 25.9. The van der Waals surface area contributed by atoms with E-state index in [1.165, 1.54) is 6.07 Å². The number of aromatic nitrogens is 4. The highest BCUT2D eigenvalue weighted by Crippen LogP contribution is 2.35. The molecule has 140 valence electrons. The Balaban J connectivity index is 1.62. The molecule has 3 aromatic heterocycles. The van der Waals surface area contributed by atoms with Gasteiger partial charge in [-0.15, -0.1) is 0 Å². The number of carbonyl (C=O) groups excluding carboxylic acids is 1. The number of halogens is 2. The van der Waals surface area contributed by atoms with E-state index in [1.54, 1.807) is 18.5 Å². The molecule has 1 fully saturated rings. The van der Waals surface area contributed by atoms with Crippen LogP contribution in [0.15, 0.2) is 30.7 Å². The Morgan fingerprint density at radius 3 is 2.93 bits per heavy atom. The zero-order valence-electron chi connectivity index (χ0n) is 14.4. The number of pyridine rings is 1. The third-order valence-electron chi connectivity index (χ3n) is 4.78. The van der Waals surface area contributed by atoms with Gasteiger partial charge in [-0.25, -0.2) is 23.7 Å². The molecule has 4 rings (SSSR count). The minimum absolute atomic E-state index is 0.00874. The Bertz CT molecular complexity index is 985. The molecule has 1 amide bonds. The molecule has 0 aliphatic heterocycles. The van der Waals surface area contributed by atoms with E-state index in [1.807, 2.05) is 0 Å². The van der Waals surface area contributed by atoms with Crippen molar-refractivity contribution in [2.75, 3.05) is 18.5 Å². The standard InChI is InChI=1S/C18H18F2N6O/c19-5-7-22-17(27)18(3-1-4-18)26-14-2-6-21-16(25-14)13-10-24-15-12(13)8-11(20)9-23-15/h2,6,8-10H,1,3-5,7H2,(H,22,27)(H,23,24)(H,21,25,26). The molecule has 0 spiro atoms. The zero-order chi connectivity index (χ0) is 18.9. The van der Waals surface area contributed by atoms with Crippen LogP contribution >= 0.6 is 0 Å². The number of nitrogens with zero attached hydrogens (tertiary/aromatic N) is 3. The minimum atomic E-state index is -0.783. The van der Waals surface area contributed by atoms with Gasteiger partial charge in [-0.1, -0.05) is 0 Å². The largest absolute Gasteiger partial charge is 0.356 e. The maximum absolute atomic E-state index is 13.6. The van der Waals surface area contributed by atoms with Gasteiger partial charge in [-0.2, -0.15) is 0 Å². The van der Waals surface area contributed by atoms with Gasteiger partial charge in [0.05, 0.1) is 6.20 Å². The fourth-order valence-corrected chi connectivity index (χ4v) is 3.24. The van der Waals surface area contributed by atoms with E-state index in [0.29, 0.717) is 41.1 Å². The summed E-state index contributed by atoms with van der Waals surface area (Å²) in [6, 6.07) is 3.04. The molecule has 0 atom stereocenters. The molecule has 0 radical (unpaired) electrons. The second-order valence-corrected chi connectivity index (χ2v) is 6.52. The van der Waals surface area contributed by atoms with Crippen molar-refractivity contribution in [2.45, 2.75) is 24.8 Å². The fourth-order valence-electron chi connectivity index (χ4n) is 3.24. The van der Waals surface area contributed by atoms with Crippen molar-refractivity contribution >= 4 is 22.8 Å². The van der Waals surface area contributed by atoms with Crippen LogP contribution in [0.25, 0.3) is 22.4 Å². The lowest BCUT2D eigenvalue weighted by molar-refractivity contribution is -0.128. The normalized spacial score (nSPS) is 15.3. The first-order valence-electron chi connectivity index (χ1n) is 8.70. The molecule has 1 aliphatic rings. The van der Waals surface area contributed by atoms with Gasteiger partial charge in [0, 0.05) is 29.9 Å². The zero-order valence-corrected chi connectivity index (χ0v) is 14.4. The lowest BCUT2D eigenvalue weighted by Crippen LogP contribution is -2.57. The second-order valence-electron chi connectivity index (χ2n) is 6.52. The van der Waals surface area contributed by atoms with E-state index in [0.717, 1.165) is 12.6 Å². The van der Waals surface area contributed by atoms with Crippen LogP contribution in [-0.2, 0) is 4.79 Å². The van der Waals surface area contributed by atoms with Gasteiger partial charge < -0.3 is 15.6 Å². The van der Waals surface area contributed by atoms with Crippen molar-refractivity contribution in [1.29, 1.82) is 0 Å². The monoisotopic (exact) mass is 372 g/mol. The van der Waals surface area contributed by atoms with Gasteiger partial charge in [0.25, 0.3) is 0 Å². The molecule has 27 heavy (non-hydrogen) atoms. The van der Waals surface area contributed by atoms with Crippen molar-refractivity contribution in [3.63, 3.8) is 0 Å². The number of alkyl halides is 1. The molecule has 3 heterocycles. The van der Waals surface area contributed by atoms with Gasteiger partial charge in [0.2, 0.25) is 5.91 Å². The Hall–Kier alpha value is -3.10. The summed E-state index contributed by atoms with van der Waals surface area (Å²) in [6.07, 6.45) is 6.57. The first kappa shape index (κ1) is 17.3.